The molecule has 0 unspecified atom stereocenters. The van der Waals surface area contributed by atoms with Crippen molar-refractivity contribution in [1.82, 2.24) is 20.3 Å². The van der Waals surface area contributed by atoms with E-state index < -0.39 is 0 Å². The van der Waals surface area contributed by atoms with Gasteiger partial charge in [0, 0.05) is 30.9 Å². The van der Waals surface area contributed by atoms with E-state index in [-0.39, 0.29) is 5.91 Å². The van der Waals surface area contributed by atoms with Gasteiger partial charge in [-0.25, -0.2) is 9.97 Å². The highest BCUT2D eigenvalue weighted by atomic mass is 32.1. The second-order valence-corrected chi connectivity index (χ2v) is 5.33. The fraction of sp³-hybridized carbons (Fsp3) is 0.385. The Morgan fingerprint density at radius 1 is 1.38 bits per heavy atom. The Morgan fingerprint density at radius 2 is 2.24 bits per heavy atom. The molecule has 0 aromatic carbocycles. The molecule has 1 saturated heterocycles. The average Bonchev–Trinajstić information content (AvgIpc) is 3.03. The minimum Gasteiger partial charge on any atom is -0.378 e. The zero-order valence-corrected chi connectivity index (χ0v) is 12.2. The van der Waals surface area contributed by atoms with E-state index in [1.54, 1.807) is 11.3 Å². The van der Waals surface area contributed by atoms with Gasteiger partial charge in [-0.3, -0.25) is 9.78 Å². The number of anilines is 1. The van der Waals surface area contributed by atoms with Gasteiger partial charge in [0.25, 0.3) is 5.91 Å². The number of amides is 1. The van der Waals surface area contributed by atoms with Crippen LogP contribution in [0.1, 0.15) is 16.2 Å². The molecule has 1 N–H and O–H groups in total. The minimum atomic E-state index is -0.246. The van der Waals surface area contributed by atoms with Crippen molar-refractivity contribution < 1.29 is 9.53 Å². The molecule has 0 saturated carbocycles. The smallest absolute Gasteiger partial charge is 0.271 e. The second kappa shape index (κ2) is 6.59. The number of hydrogen-bond acceptors (Lipinski definition) is 7. The number of thiazole rings is 1. The normalized spacial score (nSPS) is 15.0. The molecule has 8 heteroatoms. The number of carbonyl (C=O) groups is 1. The zero-order chi connectivity index (χ0) is 14.5. The van der Waals surface area contributed by atoms with Gasteiger partial charge in [-0.2, -0.15) is 0 Å². The third-order valence-electron chi connectivity index (χ3n) is 3.05. The molecule has 0 radical (unpaired) electrons. The lowest BCUT2D eigenvalue weighted by Gasteiger charge is -2.26. The van der Waals surface area contributed by atoms with Gasteiger partial charge in [0.1, 0.15) is 5.69 Å². The first kappa shape index (κ1) is 13.9. The lowest BCUT2D eigenvalue weighted by atomic mass is 10.4. The second-order valence-electron chi connectivity index (χ2n) is 4.49. The Morgan fingerprint density at radius 3 is 3.00 bits per heavy atom. The summed E-state index contributed by atoms with van der Waals surface area (Å²) in [6.07, 6.45) is 4.47. The molecule has 110 valence electrons. The predicted molar refractivity (Wildman–Crippen MR) is 78.3 cm³/mol. The van der Waals surface area contributed by atoms with E-state index in [0.717, 1.165) is 37.1 Å². The van der Waals surface area contributed by atoms with E-state index in [2.05, 4.69) is 25.2 Å². The van der Waals surface area contributed by atoms with E-state index >= 15 is 0 Å². The molecule has 0 atom stereocenters. The van der Waals surface area contributed by atoms with Crippen LogP contribution in [0.5, 0.6) is 0 Å². The van der Waals surface area contributed by atoms with Crippen molar-refractivity contribution in [3.8, 4) is 0 Å². The van der Waals surface area contributed by atoms with Crippen LogP contribution in [-0.4, -0.2) is 47.2 Å². The number of aromatic nitrogens is 3. The molecular weight excluding hydrogens is 290 g/mol. The monoisotopic (exact) mass is 305 g/mol. The van der Waals surface area contributed by atoms with Gasteiger partial charge in [0.05, 0.1) is 31.6 Å². The van der Waals surface area contributed by atoms with Gasteiger partial charge in [0.15, 0.2) is 5.13 Å². The highest BCUT2D eigenvalue weighted by molar-refractivity contribution is 7.13. The average molecular weight is 305 g/mol. The fourth-order valence-corrected chi connectivity index (χ4v) is 2.83. The summed E-state index contributed by atoms with van der Waals surface area (Å²) >= 11 is 1.58. The largest absolute Gasteiger partial charge is 0.378 e. The van der Waals surface area contributed by atoms with Crippen LogP contribution in [0.15, 0.2) is 24.0 Å². The van der Waals surface area contributed by atoms with Crippen molar-refractivity contribution in [2.75, 3.05) is 31.2 Å². The summed E-state index contributed by atoms with van der Waals surface area (Å²) in [5.41, 5.74) is 1.15. The van der Waals surface area contributed by atoms with Gasteiger partial charge in [0.2, 0.25) is 0 Å². The molecular formula is C13H15N5O2S. The topological polar surface area (TPSA) is 80.2 Å². The summed E-state index contributed by atoms with van der Waals surface area (Å²) in [7, 11) is 0. The van der Waals surface area contributed by atoms with Crippen LogP contribution >= 0.6 is 11.3 Å². The predicted octanol–water partition coefficient (Wildman–Crippen LogP) is 0.700. The van der Waals surface area contributed by atoms with Gasteiger partial charge in [-0.15, -0.1) is 11.3 Å². The molecule has 1 amide bonds. The third-order valence-corrected chi connectivity index (χ3v) is 4.00. The molecule has 0 aliphatic carbocycles. The first-order valence-corrected chi connectivity index (χ1v) is 7.52. The summed E-state index contributed by atoms with van der Waals surface area (Å²) in [6.45, 7) is 3.57. The summed E-state index contributed by atoms with van der Waals surface area (Å²) in [4.78, 5) is 26.4. The molecule has 0 spiro atoms. The SMILES string of the molecule is O=C(NCc1csc(N2CCOCC2)n1)c1cnccn1. The fourth-order valence-electron chi connectivity index (χ4n) is 1.96. The number of hydrogen-bond donors (Lipinski definition) is 1. The highest BCUT2D eigenvalue weighted by Crippen LogP contribution is 2.21. The molecule has 7 nitrogen and oxygen atoms in total. The number of rotatable bonds is 4. The maximum atomic E-state index is 11.9. The van der Waals surface area contributed by atoms with Crippen LogP contribution in [0.2, 0.25) is 0 Å². The van der Waals surface area contributed by atoms with Crippen LogP contribution < -0.4 is 10.2 Å². The van der Waals surface area contributed by atoms with E-state index in [1.807, 2.05) is 5.38 Å². The quantitative estimate of drug-likeness (QED) is 0.895. The first-order valence-electron chi connectivity index (χ1n) is 6.64. The summed E-state index contributed by atoms with van der Waals surface area (Å²) in [5, 5.41) is 5.73. The van der Waals surface area contributed by atoms with Crippen LogP contribution in [0.25, 0.3) is 0 Å². The minimum absolute atomic E-state index is 0.246. The molecule has 0 bridgehead atoms. The van der Waals surface area contributed by atoms with E-state index in [4.69, 9.17) is 4.74 Å². The molecule has 2 aromatic heterocycles. The standard InChI is InChI=1S/C13H15N5O2S/c19-12(11-8-14-1-2-15-11)16-7-10-9-21-13(17-10)18-3-5-20-6-4-18/h1-2,8-9H,3-7H2,(H,16,19). The van der Waals surface area contributed by atoms with E-state index in [9.17, 15) is 4.79 Å². The van der Waals surface area contributed by atoms with Crippen LogP contribution in [-0.2, 0) is 11.3 Å². The summed E-state index contributed by atoms with van der Waals surface area (Å²) < 4.78 is 5.32. The summed E-state index contributed by atoms with van der Waals surface area (Å²) in [6, 6.07) is 0. The van der Waals surface area contributed by atoms with Crippen molar-refractivity contribution in [3.63, 3.8) is 0 Å². The highest BCUT2D eigenvalue weighted by Gasteiger charge is 2.15. The third kappa shape index (κ3) is 3.53. The van der Waals surface area contributed by atoms with Gasteiger partial charge in [-0.05, 0) is 0 Å². The lowest BCUT2D eigenvalue weighted by Crippen LogP contribution is -2.36. The maximum absolute atomic E-state index is 11.9. The number of ether oxygens (including phenoxy) is 1. The Labute approximate surface area is 126 Å². The molecule has 2 aromatic rings. The molecule has 1 fully saturated rings. The Hall–Kier alpha value is -2.06. The molecule has 3 rings (SSSR count). The Balaban J connectivity index is 1.56. The van der Waals surface area contributed by atoms with Crippen molar-refractivity contribution in [1.29, 1.82) is 0 Å². The van der Waals surface area contributed by atoms with Crippen LogP contribution in [0.4, 0.5) is 5.13 Å². The molecule has 1 aliphatic rings. The van der Waals surface area contributed by atoms with Gasteiger partial charge < -0.3 is 15.0 Å². The van der Waals surface area contributed by atoms with Crippen molar-refractivity contribution >= 4 is 22.4 Å². The number of morpholine rings is 1. The number of carbonyl (C=O) groups excluding carboxylic acids is 1. The van der Waals surface area contributed by atoms with Crippen molar-refractivity contribution in [2.24, 2.45) is 0 Å². The lowest BCUT2D eigenvalue weighted by molar-refractivity contribution is 0.0945. The van der Waals surface area contributed by atoms with E-state index in [0.29, 0.717) is 12.2 Å². The molecule has 3 heterocycles. The molecule has 1 aliphatic heterocycles. The van der Waals surface area contributed by atoms with Gasteiger partial charge >= 0.3 is 0 Å². The first-order chi connectivity index (χ1) is 10.3. The number of nitrogens with zero attached hydrogens (tertiary/aromatic N) is 4. The Kier molecular flexibility index (Phi) is 4.37. The number of nitrogens with one attached hydrogen (secondary N) is 1. The van der Waals surface area contributed by atoms with E-state index in [1.165, 1.54) is 18.6 Å². The van der Waals surface area contributed by atoms with Crippen molar-refractivity contribution in [2.45, 2.75) is 6.54 Å². The summed E-state index contributed by atoms with van der Waals surface area (Å²) in [5.74, 6) is -0.246. The van der Waals surface area contributed by atoms with Crippen molar-refractivity contribution in [3.05, 3.63) is 35.4 Å². The van der Waals surface area contributed by atoms with Crippen LogP contribution in [0.3, 0.4) is 0 Å². The van der Waals surface area contributed by atoms with Crippen LogP contribution in [0, 0.1) is 0 Å². The van der Waals surface area contributed by atoms with Gasteiger partial charge in [-0.1, -0.05) is 0 Å². The maximum Gasteiger partial charge on any atom is 0.271 e. The Bertz CT molecular complexity index is 598. The zero-order valence-electron chi connectivity index (χ0n) is 11.4. The molecule has 21 heavy (non-hydrogen) atoms.